The zero-order valence-electron chi connectivity index (χ0n) is 12.2. The number of nitrogens with one attached hydrogen (secondary N) is 2. The lowest BCUT2D eigenvalue weighted by Gasteiger charge is -2.29. The average molecular weight is 288 g/mol. The fourth-order valence-corrected chi connectivity index (χ4v) is 3.35. The highest BCUT2D eigenvalue weighted by atomic mass is 19.1. The lowest BCUT2D eigenvalue weighted by molar-refractivity contribution is -0.118. The van der Waals surface area contributed by atoms with E-state index in [1.54, 1.807) is 25.1 Å². The van der Waals surface area contributed by atoms with Crippen LogP contribution >= 0.6 is 0 Å². The molecule has 0 aliphatic carbocycles. The van der Waals surface area contributed by atoms with Crippen molar-refractivity contribution in [1.29, 1.82) is 0 Å². The molecule has 2 N–H and O–H groups in total. The lowest BCUT2D eigenvalue weighted by Crippen LogP contribution is -2.48. The molecule has 1 aromatic rings. The Bertz CT molecular complexity index is 540. The van der Waals surface area contributed by atoms with Gasteiger partial charge in [0.1, 0.15) is 5.82 Å². The molecule has 3 nitrogen and oxygen atoms in total. The van der Waals surface area contributed by atoms with Crippen LogP contribution in [0.4, 0.5) is 4.39 Å². The minimum Gasteiger partial charge on any atom is -0.349 e. The highest BCUT2D eigenvalue weighted by molar-refractivity contribution is 5.97. The summed E-state index contributed by atoms with van der Waals surface area (Å²) in [6.45, 7) is 1.80. The first-order chi connectivity index (χ1) is 10.1. The number of halogens is 1. The standard InChI is InChI=1S/C17H21FN2O/c1-11(8-12-2-4-13(18)5-3-12)17(21)20-16-9-14-6-7-15(10-16)19-14/h2-5,8,14-16,19H,6-7,9-10H2,1H3,(H,20,21)/b11-8+. The van der Waals surface area contributed by atoms with E-state index in [1.165, 1.54) is 25.0 Å². The third kappa shape index (κ3) is 3.50. The van der Waals surface area contributed by atoms with Crippen LogP contribution in [0.1, 0.15) is 38.2 Å². The van der Waals surface area contributed by atoms with E-state index in [4.69, 9.17) is 0 Å². The van der Waals surface area contributed by atoms with E-state index < -0.39 is 0 Å². The Labute approximate surface area is 124 Å². The predicted octanol–water partition coefficient (Wildman–Crippen LogP) is 2.63. The molecule has 2 heterocycles. The molecule has 0 aromatic heterocycles. The third-order valence-corrected chi connectivity index (χ3v) is 4.42. The molecule has 1 aromatic carbocycles. The second kappa shape index (κ2) is 5.98. The van der Waals surface area contributed by atoms with E-state index in [1.807, 2.05) is 0 Å². The molecule has 2 unspecified atom stereocenters. The third-order valence-electron chi connectivity index (χ3n) is 4.42. The number of carbonyl (C=O) groups is 1. The summed E-state index contributed by atoms with van der Waals surface area (Å²) in [5.74, 6) is -0.287. The normalized spacial score (nSPS) is 28.5. The smallest absolute Gasteiger partial charge is 0.247 e. The van der Waals surface area contributed by atoms with Crippen LogP contribution in [0.25, 0.3) is 6.08 Å². The first-order valence-electron chi connectivity index (χ1n) is 7.61. The Morgan fingerprint density at radius 3 is 2.48 bits per heavy atom. The lowest BCUT2D eigenvalue weighted by atomic mass is 9.99. The van der Waals surface area contributed by atoms with E-state index in [9.17, 15) is 9.18 Å². The fourth-order valence-electron chi connectivity index (χ4n) is 3.35. The largest absolute Gasteiger partial charge is 0.349 e. The van der Waals surface area contributed by atoms with Gasteiger partial charge in [-0.05, 0) is 56.4 Å². The molecule has 2 saturated heterocycles. The Balaban J connectivity index is 1.60. The first kappa shape index (κ1) is 14.3. The zero-order chi connectivity index (χ0) is 14.8. The molecule has 112 valence electrons. The maximum Gasteiger partial charge on any atom is 0.247 e. The first-order valence-corrected chi connectivity index (χ1v) is 7.61. The monoisotopic (exact) mass is 288 g/mol. The Morgan fingerprint density at radius 2 is 1.86 bits per heavy atom. The van der Waals surface area contributed by atoms with Crippen molar-refractivity contribution >= 4 is 12.0 Å². The van der Waals surface area contributed by atoms with Gasteiger partial charge in [0.15, 0.2) is 0 Å². The Kier molecular flexibility index (Phi) is 4.06. The van der Waals surface area contributed by atoms with Gasteiger partial charge in [-0.25, -0.2) is 4.39 Å². The molecule has 0 saturated carbocycles. The van der Waals surface area contributed by atoms with Crippen molar-refractivity contribution < 1.29 is 9.18 Å². The number of hydrogen-bond donors (Lipinski definition) is 2. The van der Waals surface area contributed by atoms with Gasteiger partial charge < -0.3 is 10.6 Å². The van der Waals surface area contributed by atoms with Crippen molar-refractivity contribution in [1.82, 2.24) is 10.6 Å². The summed E-state index contributed by atoms with van der Waals surface area (Å²) in [6.07, 6.45) is 6.28. The van der Waals surface area contributed by atoms with E-state index in [2.05, 4.69) is 10.6 Å². The van der Waals surface area contributed by atoms with Gasteiger partial charge in [0.05, 0.1) is 0 Å². The topological polar surface area (TPSA) is 41.1 Å². The SMILES string of the molecule is C/C(=C\c1ccc(F)cc1)C(=O)NC1CC2CCC(C1)N2. The summed E-state index contributed by atoms with van der Waals surface area (Å²) >= 11 is 0. The van der Waals surface area contributed by atoms with E-state index in [0.29, 0.717) is 17.7 Å². The van der Waals surface area contributed by atoms with Crippen molar-refractivity contribution in [2.75, 3.05) is 0 Å². The molecule has 3 rings (SSSR count). The summed E-state index contributed by atoms with van der Waals surface area (Å²) < 4.78 is 12.9. The van der Waals surface area contributed by atoms with Crippen molar-refractivity contribution in [3.8, 4) is 0 Å². The summed E-state index contributed by atoms with van der Waals surface area (Å²) in [5.41, 5.74) is 1.50. The molecule has 0 radical (unpaired) electrons. The number of carbonyl (C=O) groups excluding carboxylic acids is 1. The van der Waals surface area contributed by atoms with Crippen LogP contribution in [0.15, 0.2) is 29.8 Å². The molecule has 2 bridgehead atoms. The van der Waals surface area contributed by atoms with Gasteiger partial charge in [0.2, 0.25) is 5.91 Å². The number of piperidine rings is 1. The van der Waals surface area contributed by atoms with Crippen LogP contribution in [0.2, 0.25) is 0 Å². The van der Waals surface area contributed by atoms with Gasteiger partial charge in [0.25, 0.3) is 0 Å². The molecule has 2 atom stereocenters. The van der Waals surface area contributed by atoms with Crippen LogP contribution in [-0.2, 0) is 4.79 Å². The van der Waals surface area contributed by atoms with E-state index >= 15 is 0 Å². The van der Waals surface area contributed by atoms with Gasteiger partial charge in [-0.1, -0.05) is 12.1 Å². The minimum atomic E-state index is -0.264. The van der Waals surface area contributed by atoms with Gasteiger partial charge in [-0.15, -0.1) is 0 Å². The van der Waals surface area contributed by atoms with Gasteiger partial charge >= 0.3 is 0 Å². The number of fused-ring (bicyclic) bond motifs is 2. The van der Waals surface area contributed by atoms with Crippen LogP contribution in [0.5, 0.6) is 0 Å². The molecule has 1 amide bonds. The van der Waals surface area contributed by atoms with Crippen molar-refractivity contribution in [2.45, 2.75) is 50.7 Å². The second-order valence-corrected chi connectivity index (χ2v) is 6.16. The highest BCUT2D eigenvalue weighted by Crippen LogP contribution is 2.26. The van der Waals surface area contributed by atoms with Crippen LogP contribution < -0.4 is 10.6 Å². The average Bonchev–Trinajstić information content (AvgIpc) is 2.80. The second-order valence-electron chi connectivity index (χ2n) is 6.16. The van der Waals surface area contributed by atoms with Gasteiger partial charge in [0, 0.05) is 23.7 Å². The van der Waals surface area contributed by atoms with Crippen LogP contribution in [0.3, 0.4) is 0 Å². The molecular formula is C17H21FN2O. The Hall–Kier alpha value is -1.68. The highest BCUT2D eigenvalue weighted by Gasteiger charge is 2.33. The van der Waals surface area contributed by atoms with Crippen LogP contribution in [-0.4, -0.2) is 24.0 Å². The molecule has 21 heavy (non-hydrogen) atoms. The molecule has 2 aliphatic rings. The Morgan fingerprint density at radius 1 is 1.24 bits per heavy atom. The van der Waals surface area contributed by atoms with Gasteiger partial charge in [-0.3, -0.25) is 4.79 Å². The molecular weight excluding hydrogens is 267 g/mol. The molecule has 0 spiro atoms. The summed E-state index contributed by atoms with van der Waals surface area (Å²) in [5, 5.41) is 6.70. The number of amides is 1. The maximum atomic E-state index is 12.9. The number of rotatable bonds is 3. The number of hydrogen-bond acceptors (Lipinski definition) is 2. The summed E-state index contributed by atoms with van der Waals surface area (Å²) in [4.78, 5) is 12.2. The summed E-state index contributed by atoms with van der Waals surface area (Å²) in [6, 6.07) is 7.57. The van der Waals surface area contributed by atoms with Crippen LogP contribution in [0, 0.1) is 5.82 Å². The van der Waals surface area contributed by atoms with Crippen molar-refractivity contribution in [3.05, 3.63) is 41.2 Å². The summed E-state index contributed by atoms with van der Waals surface area (Å²) in [7, 11) is 0. The number of benzene rings is 1. The fraction of sp³-hybridized carbons (Fsp3) is 0.471. The molecule has 2 aliphatic heterocycles. The van der Waals surface area contributed by atoms with Crippen molar-refractivity contribution in [2.24, 2.45) is 0 Å². The van der Waals surface area contributed by atoms with E-state index in [0.717, 1.165) is 18.4 Å². The quantitative estimate of drug-likeness (QED) is 0.840. The van der Waals surface area contributed by atoms with Crippen molar-refractivity contribution in [3.63, 3.8) is 0 Å². The van der Waals surface area contributed by atoms with Gasteiger partial charge in [-0.2, -0.15) is 0 Å². The predicted molar refractivity (Wildman–Crippen MR) is 81.2 cm³/mol. The molecule has 4 heteroatoms. The van der Waals surface area contributed by atoms with E-state index in [-0.39, 0.29) is 17.8 Å². The molecule has 2 fully saturated rings. The maximum absolute atomic E-state index is 12.9. The minimum absolute atomic E-state index is 0.0226. The zero-order valence-corrected chi connectivity index (χ0v) is 12.2.